The van der Waals surface area contributed by atoms with Crippen molar-refractivity contribution in [2.75, 3.05) is 18.8 Å². The molecule has 1 saturated heterocycles. The van der Waals surface area contributed by atoms with Crippen LogP contribution in [-0.2, 0) is 11.3 Å². The van der Waals surface area contributed by atoms with E-state index in [1.165, 1.54) is 28.8 Å². The maximum Gasteiger partial charge on any atom is 0.335 e. The molecule has 106 valence electrons. The van der Waals surface area contributed by atoms with E-state index in [0.717, 1.165) is 11.3 Å². The average molecular weight is 294 g/mol. The predicted molar refractivity (Wildman–Crippen MR) is 74.7 cm³/mol. The lowest BCUT2D eigenvalue weighted by Crippen LogP contribution is -2.36. The molecule has 2 N–H and O–H groups in total. The smallest absolute Gasteiger partial charge is 0.335 e. The fourth-order valence-electron chi connectivity index (χ4n) is 1.76. The molecule has 7 heteroatoms. The van der Waals surface area contributed by atoms with E-state index in [4.69, 9.17) is 5.11 Å². The molecule has 0 aliphatic carbocycles. The number of carboxylic acid groups (broad SMARTS) is 1. The number of hydrogen-bond donors (Lipinski definition) is 2. The zero-order valence-corrected chi connectivity index (χ0v) is 11.5. The monoisotopic (exact) mass is 294 g/mol. The van der Waals surface area contributed by atoms with Crippen LogP contribution in [-0.4, -0.2) is 46.0 Å². The van der Waals surface area contributed by atoms with E-state index in [0.29, 0.717) is 13.1 Å². The molecular weight excluding hydrogens is 280 g/mol. The second-order valence-electron chi connectivity index (χ2n) is 4.31. The van der Waals surface area contributed by atoms with Gasteiger partial charge in [-0.2, -0.15) is 0 Å². The van der Waals surface area contributed by atoms with Crippen molar-refractivity contribution in [1.29, 1.82) is 0 Å². The third-order valence-corrected chi connectivity index (χ3v) is 3.76. The Morgan fingerprint density at radius 2 is 2.00 bits per heavy atom. The highest BCUT2D eigenvalue weighted by atomic mass is 32.2. The maximum absolute atomic E-state index is 11.7. The molecule has 0 saturated carbocycles. The molecule has 6 nitrogen and oxygen atoms in total. The minimum Gasteiger partial charge on any atom is -0.478 e. The minimum absolute atomic E-state index is 0.0639. The van der Waals surface area contributed by atoms with Crippen LogP contribution in [0.25, 0.3) is 0 Å². The van der Waals surface area contributed by atoms with Gasteiger partial charge in [0, 0.05) is 18.8 Å². The third-order valence-electron chi connectivity index (χ3n) is 2.87. The second kappa shape index (κ2) is 6.42. The van der Waals surface area contributed by atoms with Crippen LogP contribution < -0.4 is 5.32 Å². The van der Waals surface area contributed by atoms with Crippen molar-refractivity contribution in [2.24, 2.45) is 0 Å². The van der Waals surface area contributed by atoms with Crippen LogP contribution in [0, 0.1) is 0 Å². The minimum atomic E-state index is -0.981. The second-order valence-corrected chi connectivity index (χ2v) is 5.36. The van der Waals surface area contributed by atoms with E-state index in [-0.39, 0.29) is 23.3 Å². The van der Waals surface area contributed by atoms with E-state index in [1.807, 2.05) is 0 Å². The van der Waals surface area contributed by atoms with Gasteiger partial charge in [0.05, 0.1) is 5.56 Å². The molecule has 1 heterocycles. The van der Waals surface area contributed by atoms with Gasteiger partial charge in [0.1, 0.15) is 6.54 Å². The van der Waals surface area contributed by atoms with Crippen LogP contribution in [0.3, 0.4) is 0 Å². The van der Waals surface area contributed by atoms with Crippen LogP contribution >= 0.6 is 11.8 Å². The van der Waals surface area contributed by atoms with Gasteiger partial charge < -0.3 is 15.3 Å². The van der Waals surface area contributed by atoms with E-state index in [2.05, 4.69) is 5.32 Å². The van der Waals surface area contributed by atoms with Gasteiger partial charge in [-0.25, -0.2) is 4.79 Å². The highest BCUT2D eigenvalue weighted by molar-refractivity contribution is 8.13. The Bertz CT molecular complexity index is 530. The largest absolute Gasteiger partial charge is 0.478 e. The van der Waals surface area contributed by atoms with Gasteiger partial charge in [-0.15, -0.1) is 0 Å². The number of aromatic carboxylic acids is 1. The number of nitrogens with one attached hydrogen (secondary N) is 1. The Balaban J connectivity index is 1.81. The summed E-state index contributed by atoms with van der Waals surface area (Å²) in [6.45, 7) is 0.983. The van der Waals surface area contributed by atoms with Gasteiger partial charge in [0.25, 0.3) is 5.24 Å². The first kappa shape index (κ1) is 14.4. The lowest BCUT2D eigenvalue weighted by atomic mass is 10.1. The molecule has 0 spiro atoms. The van der Waals surface area contributed by atoms with Crippen molar-refractivity contribution < 1.29 is 19.5 Å². The van der Waals surface area contributed by atoms with Crippen molar-refractivity contribution in [1.82, 2.24) is 10.2 Å². The first-order chi connectivity index (χ1) is 9.56. The highest BCUT2D eigenvalue weighted by Gasteiger charge is 2.22. The van der Waals surface area contributed by atoms with Gasteiger partial charge >= 0.3 is 5.97 Å². The number of carbonyl (C=O) groups excluding carboxylic acids is 2. The summed E-state index contributed by atoms with van der Waals surface area (Å²) in [5, 5.41) is 11.4. The van der Waals surface area contributed by atoms with Crippen molar-refractivity contribution in [3.63, 3.8) is 0 Å². The van der Waals surface area contributed by atoms with E-state index < -0.39 is 5.97 Å². The van der Waals surface area contributed by atoms with Crippen molar-refractivity contribution >= 4 is 28.9 Å². The maximum atomic E-state index is 11.7. The Morgan fingerprint density at radius 1 is 1.30 bits per heavy atom. The Labute approximate surface area is 120 Å². The van der Waals surface area contributed by atoms with E-state index in [9.17, 15) is 14.4 Å². The first-order valence-electron chi connectivity index (χ1n) is 6.07. The fraction of sp³-hybridized carbons (Fsp3) is 0.308. The van der Waals surface area contributed by atoms with Crippen molar-refractivity contribution in [3.8, 4) is 0 Å². The van der Waals surface area contributed by atoms with Gasteiger partial charge in [-0.1, -0.05) is 23.9 Å². The lowest BCUT2D eigenvalue weighted by Gasteiger charge is -2.14. The number of benzene rings is 1. The Hall–Kier alpha value is -2.02. The van der Waals surface area contributed by atoms with Crippen molar-refractivity contribution in [3.05, 3.63) is 35.4 Å². The summed E-state index contributed by atoms with van der Waals surface area (Å²) < 4.78 is 0. The average Bonchev–Trinajstić information content (AvgIpc) is 2.82. The van der Waals surface area contributed by atoms with Crippen LogP contribution in [0.1, 0.15) is 15.9 Å². The van der Waals surface area contributed by atoms with Gasteiger partial charge in [-0.3, -0.25) is 9.59 Å². The number of nitrogens with zero attached hydrogens (tertiary/aromatic N) is 1. The number of carbonyl (C=O) groups is 3. The van der Waals surface area contributed by atoms with Gasteiger partial charge in [0.15, 0.2) is 0 Å². The van der Waals surface area contributed by atoms with Crippen molar-refractivity contribution in [2.45, 2.75) is 6.54 Å². The Morgan fingerprint density at radius 3 is 2.55 bits per heavy atom. The zero-order valence-electron chi connectivity index (χ0n) is 10.7. The standard InChI is InChI=1S/C13H14N2O4S/c16-11(8-15-5-6-20-13(15)19)14-7-9-1-3-10(4-2-9)12(17)18/h1-4H,5-8H2,(H,14,16)(H,17,18). The molecule has 1 aliphatic heterocycles. The molecule has 2 amide bonds. The molecule has 0 aromatic heterocycles. The van der Waals surface area contributed by atoms with Crippen LogP contribution in [0.15, 0.2) is 24.3 Å². The predicted octanol–water partition coefficient (Wildman–Crippen LogP) is 1.17. The molecule has 0 bridgehead atoms. The summed E-state index contributed by atoms with van der Waals surface area (Å²) in [4.78, 5) is 35.2. The zero-order chi connectivity index (χ0) is 14.5. The molecular formula is C13H14N2O4S. The molecule has 1 aliphatic rings. The first-order valence-corrected chi connectivity index (χ1v) is 7.05. The normalized spacial score (nSPS) is 14.4. The summed E-state index contributed by atoms with van der Waals surface area (Å²) in [6.07, 6.45) is 0. The summed E-state index contributed by atoms with van der Waals surface area (Å²) in [7, 11) is 0. The number of hydrogen-bond acceptors (Lipinski definition) is 4. The molecule has 20 heavy (non-hydrogen) atoms. The summed E-state index contributed by atoms with van der Waals surface area (Å²) in [5.41, 5.74) is 1.02. The summed E-state index contributed by atoms with van der Waals surface area (Å²) in [5.74, 6) is -0.475. The van der Waals surface area contributed by atoms with Crippen LogP contribution in [0.5, 0.6) is 0 Å². The molecule has 0 radical (unpaired) electrons. The number of amides is 2. The van der Waals surface area contributed by atoms with Crippen LogP contribution in [0.2, 0.25) is 0 Å². The molecule has 1 aromatic carbocycles. The number of thioether (sulfide) groups is 1. The number of rotatable bonds is 5. The third kappa shape index (κ3) is 3.74. The molecule has 1 fully saturated rings. The van der Waals surface area contributed by atoms with Gasteiger partial charge in [0.2, 0.25) is 5.91 Å². The summed E-state index contributed by atoms with van der Waals surface area (Å²) in [6, 6.07) is 6.29. The van der Waals surface area contributed by atoms with E-state index >= 15 is 0 Å². The number of carboxylic acids is 1. The van der Waals surface area contributed by atoms with Crippen LogP contribution in [0.4, 0.5) is 4.79 Å². The topological polar surface area (TPSA) is 86.7 Å². The molecule has 0 unspecified atom stereocenters. The fourth-order valence-corrected chi connectivity index (χ4v) is 2.59. The van der Waals surface area contributed by atoms with Gasteiger partial charge in [-0.05, 0) is 17.7 Å². The highest BCUT2D eigenvalue weighted by Crippen LogP contribution is 2.16. The lowest BCUT2D eigenvalue weighted by molar-refractivity contribution is -0.121. The molecule has 0 atom stereocenters. The summed E-state index contributed by atoms with van der Waals surface area (Å²) >= 11 is 1.22. The Kier molecular flexibility index (Phi) is 4.62. The molecule has 1 aromatic rings. The molecule has 2 rings (SSSR count). The SMILES string of the molecule is O=C(CN1CCSC1=O)NCc1ccc(C(=O)O)cc1. The van der Waals surface area contributed by atoms with E-state index in [1.54, 1.807) is 12.1 Å². The quantitative estimate of drug-likeness (QED) is 0.851.